The predicted molar refractivity (Wildman–Crippen MR) is 63.7 cm³/mol. The van der Waals surface area contributed by atoms with Gasteiger partial charge in [0.2, 0.25) is 0 Å². The number of hydrogen-bond donors (Lipinski definition) is 0. The van der Waals surface area contributed by atoms with Gasteiger partial charge >= 0.3 is 5.63 Å². The Morgan fingerprint density at radius 1 is 1.19 bits per heavy atom. The van der Waals surface area contributed by atoms with Crippen LogP contribution in [0.3, 0.4) is 0 Å². The minimum atomic E-state index is -0.290. The normalized spacial score (nSPS) is 11.4. The van der Waals surface area contributed by atoms with Crippen LogP contribution < -0.4 is 5.63 Å². The van der Waals surface area contributed by atoms with Crippen LogP contribution in [-0.4, -0.2) is 4.57 Å². The molecule has 0 amide bonds. The van der Waals surface area contributed by atoms with Crippen molar-refractivity contribution in [3.8, 4) is 0 Å². The molecule has 16 heavy (non-hydrogen) atoms. The van der Waals surface area contributed by atoms with E-state index in [0.29, 0.717) is 5.76 Å². The van der Waals surface area contributed by atoms with Gasteiger partial charge in [0.15, 0.2) is 0 Å². The number of para-hydroxylation sites is 1. The molecule has 0 aliphatic heterocycles. The zero-order valence-corrected chi connectivity index (χ0v) is 9.15. The molecule has 0 saturated carbocycles. The van der Waals surface area contributed by atoms with Gasteiger partial charge in [0.1, 0.15) is 5.76 Å². The summed E-state index contributed by atoms with van der Waals surface area (Å²) in [5, 5.41) is 2.06. The lowest BCUT2D eigenvalue weighted by Gasteiger charge is -1.99. The van der Waals surface area contributed by atoms with E-state index in [4.69, 9.17) is 4.42 Å². The fourth-order valence-corrected chi connectivity index (χ4v) is 2.34. The van der Waals surface area contributed by atoms with Crippen LogP contribution in [0.1, 0.15) is 5.76 Å². The summed E-state index contributed by atoms with van der Waals surface area (Å²) in [5.74, 6) is 0.668. The van der Waals surface area contributed by atoms with E-state index in [9.17, 15) is 4.79 Å². The van der Waals surface area contributed by atoms with Gasteiger partial charge in [-0.25, -0.2) is 4.79 Å². The van der Waals surface area contributed by atoms with Crippen molar-refractivity contribution in [1.82, 2.24) is 4.57 Å². The smallest absolute Gasteiger partial charge is 0.336 e. The van der Waals surface area contributed by atoms with Crippen LogP contribution in [0.4, 0.5) is 0 Å². The van der Waals surface area contributed by atoms with E-state index in [1.54, 1.807) is 6.07 Å². The fourth-order valence-electron chi connectivity index (χ4n) is 2.34. The maximum absolute atomic E-state index is 11.4. The molecular weight excluding hydrogens is 202 g/mol. The number of aromatic nitrogens is 1. The average molecular weight is 213 g/mol. The zero-order valence-electron chi connectivity index (χ0n) is 9.15. The molecule has 0 atom stereocenters. The average Bonchev–Trinajstić information content (AvgIpc) is 2.54. The standard InChI is InChI=1S/C13H11NO2/c1-8-13-10(7-12(15)16-8)9-5-3-4-6-11(9)14(13)2/h3-7H,1-2H3. The van der Waals surface area contributed by atoms with Crippen molar-refractivity contribution in [2.75, 3.05) is 0 Å². The topological polar surface area (TPSA) is 35.1 Å². The number of aryl methyl sites for hydroxylation is 2. The predicted octanol–water partition coefficient (Wildman–Crippen LogP) is 2.59. The van der Waals surface area contributed by atoms with Crippen molar-refractivity contribution in [3.63, 3.8) is 0 Å². The number of hydrogen-bond acceptors (Lipinski definition) is 2. The van der Waals surface area contributed by atoms with Crippen molar-refractivity contribution in [2.45, 2.75) is 6.92 Å². The van der Waals surface area contributed by atoms with Gasteiger partial charge in [-0.15, -0.1) is 0 Å². The van der Waals surface area contributed by atoms with Gasteiger partial charge in [0.25, 0.3) is 0 Å². The molecule has 2 aromatic heterocycles. The molecule has 0 fully saturated rings. The third-order valence-electron chi connectivity index (χ3n) is 3.00. The largest absolute Gasteiger partial charge is 0.426 e. The molecule has 0 aliphatic rings. The summed E-state index contributed by atoms with van der Waals surface area (Å²) in [5.41, 5.74) is 1.81. The molecule has 3 rings (SSSR count). The maximum Gasteiger partial charge on any atom is 0.336 e. The van der Waals surface area contributed by atoms with Gasteiger partial charge in [-0.2, -0.15) is 0 Å². The van der Waals surface area contributed by atoms with E-state index in [2.05, 4.69) is 4.57 Å². The minimum Gasteiger partial charge on any atom is -0.426 e. The highest BCUT2D eigenvalue weighted by Gasteiger charge is 2.11. The van der Waals surface area contributed by atoms with Gasteiger partial charge in [0, 0.05) is 29.4 Å². The number of fused-ring (bicyclic) bond motifs is 3. The molecule has 3 heteroatoms. The second kappa shape index (κ2) is 2.98. The highest BCUT2D eigenvalue weighted by Crippen LogP contribution is 2.28. The molecule has 0 spiro atoms. The third-order valence-corrected chi connectivity index (χ3v) is 3.00. The van der Waals surface area contributed by atoms with Crippen molar-refractivity contribution in [3.05, 3.63) is 46.5 Å². The molecule has 0 aliphatic carbocycles. The van der Waals surface area contributed by atoms with Crippen LogP contribution in [0.15, 0.2) is 39.5 Å². The van der Waals surface area contributed by atoms with Gasteiger partial charge < -0.3 is 8.98 Å². The summed E-state index contributed by atoms with van der Waals surface area (Å²) < 4.78 is 7.18. The molecule has 0 N–H and O–H groups in total. The first-order chi connectivity index (χ1) is 7.68. The van der Waals surface area contributed by atoms with E-state index >= 15 is 0 Å². The lowest BCUT2D eigenvalue weighted by atomic mass is 10.2. The Morgan fingerprint density at radius 2 is 1.94 bits per heavy atom. The molecule has 80 valence electrons. The van der Waals surface area contributed by atoms with E-state index in [1.807, 2.05) is 38.2 Å². The van der Waals surface area contributed by atoms with Crippen LogP contribution in [0.2, 0.25) is 0 Å². The molecule has 0 saturated heterocycles. The molecule has 1 aromatic carbocycles. The molecular formula is C13H11NO2. The van der Waals surface area contributed by atoms with E-state index < -0.39 is 0 Å². The molecule has 3 nitrogen and oxygen atoms in total. The molecule has 0 bridgehead atoms. The Morgan fingerprint density at radius 3 is 2.75 bits per heavy atom. The third kappa shape index (κ3) is 1.05. The SMILES string of the molecule is Cc1oc(=O)cc2c3ccccc3n(C)c12. The molecule has 0 radical (unpaired) electrons. The Hall–Kier alpha value is -2.03. The molecule has 0 unspecified atom stereocenters. The summed E-state index contributed by atoms with van der Waals surface area (Å²) >= 11 is 0. The first-order valence-corrected chi connectivity index (χ1v) is 5.16. The van der Waals surface area contributed by atoms with Crippen molar-refractivity contribution < 1.29 is 4.42 Å². The number of benzene rings is 1. The van der Waals surface area contributed by atoms with Gasteiger partial charge in [-0.1, -0.05) is 18.2 Å². The summed E-state index contributed by atoms with van der Waals surface area (Å²) in [7, 11) is 1.98. The molecule has 2 heterocycles. The first-order valence-electron chi connectivity index (χ1n) is 5.16. The Labute approximate surface area is 91.9 Å². The Balaban J connectivity index is 2.72. The van der Waals surface area contributed by atoms with Crippen LogP contribution >= 0.6 is 0 Å². The second-order valence-corrected chi connectivity index (χ2v) is 3.96. The van der Waals surface area contributed by atoms with Crippen LogP contribution in [0.5, 0.6) is 0 Å². The number of rotatable bonds is 0. The van der Waals surface area contributed by atoms with E-state index in [-0.39, 0.29) is 5.63 Å². The number of nitrogens with zero attached hydrogens (tertiary/aromatic N) is 1. The highest BCUT2D eigenvalue weighted by atomic mass is 16.4. The van der Waals surface area contributed by atoms with Gasteiger partial charge in [0.05, 0.1) is 5.52 Å². The second-order valence-electron chi connectivity index (χ2n) is 3.96. The summed E-state index contributed by atoms with van der Waals surface area (Å²) in [4.78, 5) is 11.4. The fraction of sp³-hybridized carbons (Fsp3) is 0.154. The quantitative estimate of drug-likeness (QED) is 0.575. The van der Waals surface area contributed by atoms with Crippen molar-refractivity contribution in [1.29, 1.82) is 0 Å². The van der Waals surface area contributed by atoms with Gasteiger partial charge in [-0.05, 0) is 13.0 Å². The van der Waals surface area contributed by atoms with E-state index in [0.717, 1.165) is 21.8 Å². The minimum absolute atomic E-state index is 0.290. The Kier molecular flexibility index (Phi) is 1.72. The van der Waals surface area contributed by atoms with Gasteiger partial charge in [-0.3, -0.25) is 0 Å². The Bertz CT molecular complexity index is 750. The van der Waals surface area contributed by atoms with E-state index in [1.165, 1.54) is 0 Å². The lowest BCUT2D eigenvalue weighted by molar-refractivity contribution is 0.486. The van der Waals surface area contributed by atoms with Crippen molar-refractivity contribution >= 4 is 21.8 Å². The van der Waals surface area contributed by atoms with Crippen LogP contribution in [0.25, 0.3) is 21.8 Å². The summed E-state index contributed by atoms with van der Waals surface area (Å²) in [6, 6.07) is 9.60. The van der Waals surface area contributed by atoms with Crippen LogP contribution in [-0.2, 0) is 7.05 Å². The summed E-state index contributed by atoms with van der Waals surface area (Å²) in [6.07, 6.45) is 0. The maximum atomic E-state index is 11.4. The lowest BCUT2D eigenvalue weighted by Crippen LogP contribution is -1.98. The summed E-state index contributed by atoms with van der Waals surface area (Å²) in [6.45, 7) is 1.82. The van der Waals surface area contributed by atoms with Crippen molar-refractivity contribution in [2.24, 2.45) is 7.05 Å². The van der Waals surface area contributed by atoms with Crippen LogP contribution in [0, 0.1) is 6.92 Å². The monoisotopic (exact) mass is 213 g/mol. The highest BCUT2D eigenvalue weighted by molar-refractivity contribution is 6.08. The first kappa shape index (κ1) is 9.21. The molecule has 3 aromatic rings. The zero-order chi connectivity index (χ0) is 11.3.